The van der Waals surface area contributed by atoms with Crippen LogP contribution in [0.15, 0.2) is 28.8 Å². The molecule has 2 N–H and O–H groups in total. The van der Waals surface area contributed by atoms with Crippen molar-refractivity contribution in [1.82, 2.24) is 20.4 Å². The first kappa shape index (κ1) is 12.8. The summed E-state index contributed by atoms with van der Waals surface area (Å²) in [5.41, 5.74) is 0.892. The first-order valence-corrected chi connectivity index (χ1v) is 6.80. The molecule has 0 unspecified atom stereocenters. The standard InChI is InChI=1S/C14H18N4O2/c1-10-2-5-13(20-10)9-18(12-3-4-12)14(19)15-8-11-6-7-16-17-11/h2,5-7,12H,3-4,8-9H2,1H3,(H,15,19)(H,16,17). The molecule has 6 heteroatoms. The molecule has 1 aliphatic carbocycles. The summed E-state index contributed by atoms with van der Waals surface area (Å²) < 4.78 is 5.55. The van der Waals surface area contributed by atoms with E-state index in [4.69, 9.17) is 4.42 Å². The largest absolute Gasteiger partial charge is 0.464 e. The lowest BCUT2D eigenvalue weighted by Crippen LogP contribution is -2.40. The highest BCUT2D eigenvalue weighted by molar-refractivity contribution is 5.74. The third kappa shape index (κ3) is 3.01. The lowest BCUT2D eigenvalue weighted by atomic mass is 10.4. The minimum absolute atomic E-state index is 0.0591. The molecule has 1 saturated carbocycles. The normalized spacial score (nSPS) is 14.2. The van der Waals surface area contributed by atoms with Crippen molar-refractivity contribution in [2.75, 3.05) is 0 Å². The number of nitrogens with zero attached hydrogens (tertiary/aromatic N) is 2. The summed E-state index contributed by atoms with van der Waals surface area (Å²) in [6.45, 7) is 2.88. The minimum atomic E-state index is -0.0591. The Morgan fingerprint density at radius 1 is 1.50 bits per heavy atom. The Bertz CT molecular complexity index is 572. The second kappa shape index (κ2) is 5.40. The van der Waals surface area contributed by atoms with E-state index in [2.05, 4.69) is 15.5 Å². The molecule has 2 heterocycles. The van der Waals surface area contributed by atoms with Crippen LogP contribution in [0.3, 0.4) is 0 Å². The Morgan fingerprint density at radius 2 is 2.35 bits per heavy atom. The number of H-pyrrole nitrogens is 1. The van der Waals surface area contributed by atoms with Gasteiger partial charge >= 0.3 is 6.03 Å². The molecule has 0 aliphatic heterocycles. The van der Waals surface area contributed by atoms with Gasteiger partial charge < -0.3 is 14.6 Å². The van der Waals surface area contributed by atoms with E-state index in [1.54, 1.807) is 6.20 Å². The number of aromatic nitrogens is 2. The van der Waals surface area contributed by atoms with Crippen molar-refractivity contribution in [2.45, 2.75) is 38.9 Å². The van der Waals surface area contributed by atoms with Crippen LogP contribution >= 0.6 is 0 Å². The molecule has 2 aromatic heterocycles. The van der Waals surface area contributed by atoms with E-state index in [0.717, 1.165) is 30.1 Å². The Labute approximate surface area is 117 Å². The highest BCUT2D eigenvalue weighted by Gasteiger charge is 2.33. The number of aromatic amines is 1. The lowest BCUT2D eigenvalue weighted by molar-refractivity contribution is 0.186. The maximum Gasteiger partial charge on any atom is 0.318 e. The van der Waals surface area contributed by atoms with E-state index in [-0.39, 0.29) is 6.03 Å². The van der Waals surface area contributed by atoms with Crippen LogP contribution < -0.4 is 5.32 Å². The van der Waals surface area contributed by atoms with E-state index in [9.17, 15) is 4.79 Å². The zero-order chi connectivity index (χ0) is 13.9. The minimum Gasteiger partial charge on any atom is -0.464 e. The van der Waals surface area contributed by atoms with Gasteiger partial charge in [-0.1, -0.05) is 0 Å². The molecule has 0 spiro atoms. The number of amides is 2. The summed E-state index contributed by atoms with van der Waals surface area (Å²) in [6, 6.07) is 5.96. The number of hydrogen-bond acceptors (Lipinski definition) is 3. The average Bonchev–Trinajstić information content (AvgIpc) is 2.97. The van der Waals surface area contributed by atoms with Gasteiger partial charge in [0.25, 0.3) is 0 Å². The summed E-state index contributed by atoms with van der Waals surface area (Å²) in [5, 5.41) is 9.59. The monoisotopic (exact) mass is 274 g/mol. The topological polar surface area (TPSA) is 74.2 Å². The number of hydrogen-bond donors (Lipinski definition) is 2. The van der Waals surface area contributed by atoms with Crippen molar-refractivity contribution in [2.24, 2.45) is 0 Å². The van der Waals surface area contributed by atoms with Crippen LogP contribution in [-0.4, -0.2) is 27.2 Å². The van der Waals surface area contributed by atoms with Crippen LogP contribution in [0.4, 0.5) is 4.79 Å². The van der Waals surface area contributed by atoms with Crippen LogP contribution in [0.25, 0.3) is 0 Å². The van der Waals surface area contributed by atoms with Crippen molar-refractivity contribution < 1.29 is 9.21 Å². The molecule has 0 bridgehead atoms. The molecule has 2 amide bonds. The smallest absolute Gasteiger partial charge is 0.318 e. The maximum atomic E-state index is 12.3. The number of furan rings is 1. The molecule has 106 valence electrons. The molecule has 0 radical (unpaired) electrons. The highest BCUT2D eigenvalue weighted by Crippen LogP contribution is 2.28. The molecule has 6 nitrogen and oxygen atoms in total. The van der Waals surface area contributed by atoms with Gasteiger partial charge in [-0.05, 0) is 38.0 Å². The van der Waals surface area contributed by atoms with Gasteiger partial charge in [0.2, 0.25) is 0 Å². The summed E-state index contributed by atoms with van der Waals surface area (Å²) in [6.07, 6.45) is 3.81. The molecule has 0 atom stereocenters. The zero-order valence-corrected chi connectivity index (χ0v) is 11.4. The van der Waals surface area contributed by atoms with Gasteiger partial charge in [0.05, 0.1) is 18.8 Å². The predicted molar refractivity (Wildman–Crippen MR) is 72.8 cm³/mol. The van der Waals surface area contributed by atoms with Gasteiger partial charge in [0, 0.05) is 12.2 Å². The second-order valence-electron chi connectivity index (χ2n) is 5.11. The molecule has 2 aromatic rings. The molecule has 0 aromatic carbocycles. The molecular formula is C14H18N4O2. The highest BCUT2D eigenvalue weighted by atomic mass is 16.3. The second-order valence-corrected chi connectivity index (χ2v) is 5.11. The van der Waals surface area contributed by atoms with Gasteiger partial charge in [0.1, 0.15) is 11.5 Å². The van der Waals surface area contributed by atoms with Crippen molar-refractivity contribution >= 4 is 6.03 Å². The Kier molecular flexibility index (Phi) is 3.45. The zero-order valence-electron chi connectivity index (χ0n) is 11.4. The molecule has 20 heavy (non-hydrogen) atoms. The van der Waals surface area contributed by atoms with Crippen molar-refractivity contribution in [3.05, 3.63) is 41.6 Å². The van der Waals surface area contributed by atoms with Gasteiger partial charge in [-0.25, -0.2) is 4.79 Å². The number of carbonyl (C=O) groups excluding carboxylic acids is 1. The number of urea groups is 1. The summed E-state index contributed by atoms with van der Waals surface area (Å²) >= 11 is 0. The Morgan fingerprint density at radius 3 is 2.95 bits per heavy atom. The Balaban J connectivity index is 1.59. The van der Waals surface area contributed by atoms with Crippen molar-refractivity contribution in [3.63, 3.8) is 0 Å². The third-order valence-corrected chi connectivity index (χ3v) is 3.36. The Hall–Kier alpha value is -2.24. The fourth-order valence-corrected chi connectivity index (χ4v) is 2.15. The average molecular weight is 274 g/mol. The van der Waals surface area contributed by atoms with E-state index in [1.165, 1.54) is 0 Å². The van der Waals surface area contributed by atoms with Crippen molar-refractivity contribution in [3.8, 4) is 0 Å². The van der Waals surface area contributed by atoms with Gasteiger partial charge in [0.15, 0.2) is 0 Å². The number of carbonyl (C=O) groups is 1. The fraction of sp³-hybridized carbons (Fsp3) is 0.429. The third-order valence-electron chi connectivity index (χ3n) is 3.36. The van der Waals surface area contributed by atoms with Gasteiger partial charge in [-0.15, -0.1) is 0 Å². The molecule has 3 rings (SSSR count). The molecule has 1 aliphatic rings. The number of aryl methyl sites for hydroxylation is 1. The van der Waals surface area contributed by atoms with E-state index in [0.29, 0.717) is 19.1 Å². The summed E-state index contributed by atoms with van der Waals surface area (Å²) in [7, 11) is 0. The molecule has 1 fully saturated rings. The predicted octanol–water partition coefficient (Wildman–Crippen LogP) is 2.19. The lowest BCUT2D eigenvalue weighted by Gasteiger charge is -2.21. The van der Waals surface area contributed by atoms with E-state index in [1.807, 2.05) is 30.0 Å². The van der Waals surface area contributed by atoms with Crippen LogP contribution in [0.5, 0.6) is 0 Å². The summed E-state index contributed by atoms with van der Waals surface area (Å²) in [5.74, 6) is 1.69. The number of rotatable bonds is 5. The SMILES string of the molecule is Cc1ccc(CN(C(=O)NCc2ccn[nH]2)C2CC2)o1. The maximum absolute atomic E-state index is 12.3. The first-order valence-electron chi connectivity index (χ1n) is 6.80. The van der Waals surface area contributed by atoms with Gasteiger partial charge in [-0.3, -0.25) is 5.10 Å². The van der Waals surface area contributed by atoms with Crippen LogP contribution in [0, 0.1) is 6.92 Å². The number of nitrogens with one attached hydrogen (secondary N) is 2. The molecule has 0 saturated heterocycles. The van der Waals surface area contributed by atoms with Gasteiger partial charge in [-0.2, -0.15) is 5.10 Å². The van der Waals surface area contributed by atoms with Crippen LogP contribution in [-0.2, 0) is 13.1 Å². The first-order chi connectivity index (χ1) is 9.72. The molecular weight excluding hydrogens is 256 g/mol. The fourth-order valence-electron chi connectivity index (χ4n) is 2.15. The van der Waals surface area contributed by atoms with E-state index >= 15 is 0 Å². The summed E-state index contributed by atoms with van der Waals surface area (Å²) in [4.78, 5) is 14.1. The van der Waals surface area contributed by atoms with Crippen LogP contribution in [0.2, 0.25) is 0 Å². The van der Waals surface area contributed by atoms with Crippen LogP contribution in [0.1, 0.15) is 30.1 Å². The van der Waals surface area contributed by atoms with Crippen molar-refractivity contribution in [1.29, 1.82) is 0 Å². The quantitative estimate of drug-likeness (QED) is 0.877. The van der Waals surface area contributed by atoms with E-state index < -0.39 is 0 Å².